The molecule has 0 spiro atoms. The number of rotatable bonds is 6. The molecule has 1 N–H and O–H groups in total. The largest absolute Gasteiger partial charge is 0.507 e. The number of fused-ring (bicyclic) bond motifs is 2. The molecule has 2 aromatic rings. The van der Waals surface area contributed by atoms with E-state index in [0.29, 0.717) is 35.7 Å². The van der Waals surface area contributed by atoms with Gasteiger partial charge in [-0.05, 0) is 42.2 Å². The number of aromatic hydroxyl groups is 1. The highest BCUT2D eigenvalue weighted by atomic mass is 16.5. The van der Waals surface area contributed by atoms with E-state index in [2.05, 4.69) is 41.5 Å². The number of methoxy groups -OCH3 is 1. The second kappa shape index (κ2) is 9.17. The number of benzene rings is 1. The Labute approximate surface area is 208 Å². The molecule has 1 saturated carbocycles. The monoisotopic (exact) mass is 481 g/mol. The molecule has 2 bridgehead atoms. The van der Waals surface area contributed by atoms with Gasteiger partial charge in [-0.2, -0.15) is 0 Å². The van der Waals surface area contributed by atoms with Crippen molar-refractivity contribution in [3.63, 3.8) is 0 Å². The summed E-state index contributed by atoms with van der Waals surface area (Å²) in [6, 6.07) is 8.55. The molecule has 0 unspecified atom stereocenters. The number of nitrogens with zero attached hydrogens (tertiary/aromatic N) is 3. The summed E-state index contributed by atoms with van der Waals surface area (Å²) in [5.74, 6) is 0.996. The van der Waals surface area contributed by atoms with Crippen LogP contribution in [0.2, 0.25) is 0 Å². The number of piperazine rings is 1. The van der Waals surface area contributed by atoms with E-state index in [1.807, 2.05) is 18.2 Å². The van der Waals surface area contributed by atoms with Crippen molar-refractivity contribution in [2.45, 2.75) is 59.2 Å². The number of hydrogen-bond acceptors (Lipinski definition) is 7. The zero-order valence-corrected chi connectivity index (χ0v) is 21.5. The van der Waals surface area contributed by atoms with Crippen LogP contribution in [0.1, 0.15) is 51.2 Å². The molecule has 3 aliphatic rings. The molecular weight excluding hydrogens is 442 g/mol. The van der Waals surface area contributed by atoms with Crippen molar-refractivity contribution in [1.29, 1.82) is 0 Å². The fourth-order valence-electron chi connectivity index (χ4n) is 7.04. The number of ether oxygens (including phenoxy) is 1. The molecule has 2 saturated heterocycles. The van der Waals surface area contributed by atoms with Gasteiger partial charge in [0.1, 0.15) is 17.8 Å². The van der Waals surface area contributed by atoms with E-state index >= 15 is 0 Å². The normalized spacial score (nSPS) is 26.7. The molecule has 3 heterocycles. The van der Waals surface area contributed by atoms with Gasteiger partial charge >= 0.3 is 5.63 Å². The summed E-state index contributed by atoms with van der Waals surface area (Å²) in [5, 5.41) is 11.1. The minimum Gasteiger partial charge on any atom is -0.507 e. The van der Waals surface area contributed by atoms with Gasteiger partial charge < -0.3 is 19.2 Å². The van der Waals surface area contributed by atoms with E-state index < -0.39 is 5.63 Å². The van der Waals surface area contributed by atoms with Gasteiger partial charge in [0.2, 0.25) is 0 Å². The predicted molar refractivity (Wildman–Crippen MR) is 137 cm³/mol. The molecule has 1 aromatic heterocycles. The van der Waals surface area contributed by atoms with Crippen LogP contribution in [-0.2, 0) is 13.1 Å². The fraction of sp³-hybridized carbons (Fsp3) is 0.607. The highest BCUT2D eigenvalue weighted by Gasteiger charge is 2.49. The second-order valence-electron chi connectivity index (χ2n) is 11.9. The standard InChI is InChI=1S/C28H39N3O4/c1-27(2)13-21-14-28(3,18-27)19-31(21)16-22-25(32)20(17-35-26(22)33)15-29-9-11-30(12-10-29)23-7-5-6-8-24(23)34-4/h5-8,17,21,32H,9-16,18-19H2,1-4H3/t21-,28-/m1/s1. The van der Waals surface area contributed by atoms with Gasteiger partial charge in [-0.15, -0.1) is 0 Å². The summed E-state index contributed by atoms with van der Waals surface area (Å²) in [7, 11) is 1.70. The van der Waals surface area contributed by atoms with Crippen molar-refractivity contribution in [2.75, 3.05) is 44.7 Å². The fourth-order valence-corrected chi connectivity index (χ4v) is 7.04. The van der Waals surface area contributed by atoms with Gasteiger partial charge in [0.15, 0.2) is 0 Å². The van der Waals surface area contributed by atoms with Crippen LogP contribution in [-0.4, -0.2) is 60.8 Å². The third-order valence-electron chi connectivity index (χ3n) is 8.22. The van der Waals surface area contributed by atoms with Crippen molar-refractivity contribution in [3.8, 4) is 11.5 Å². The summed E-state index contributed by atoms with van der Waals surface area (Å²) in [4.78, 5) is 19.7. The van der Waals surface area contributed by atoms with E-state index in [9.17, 15) is 9.90 Å². The molecular formula is C28H39N3O4. The molecule has 1 aliphatic carbocycles. The number of hydrogen-bond donors (Lipinski definition) is 1. The zero-order chi connectivity index (χ0) is 24.8. The molecule has 2 atom stereocenters. The lowest BCUT2D eigenvalue weighted by Crippen LogP contribution is -2.46. The maximum atomic E-state index is 12.6. The minimum atomic E-state index is -0.418. The molecule has 1 aromatic carbocycles. The summed E-state index contributed by atoms with van der Waals surface area (Å²) in [5.41, 5.74) is 2.38. The zero-order valence-electron chi connectivity index (χ0n) is 21.5. The van der Waals surface area contributed by atoms with Crippen LogP contribution in [0.4, 0.5) is 5.69 Å². The lowest BCUT2D eigenvalue weighted by molar-refractivity contribution is 0.126. The Bertz CT molecular complexity index is 1120. The maximum Gasteiger partial charge on any atom is 0.343 e. The van der Waals surface area contributed by atoms with Gasteiger partial charge in [0.25, 0.3) is 0 Å². The maximum absolute atomic E-state index is 12.6. The predicted octanol–water partition coefficient (Wildman–Crippen LogP) is 4.08. The molecule has 7 heteroatoms. The number of para-hydroxylation sites is 2. The highest BCUT2D eigenvalue weighted by Crippen LogP contribution is 2.52. The molecule has 190 valence electrons. The summed E-state index contributed by atoms with van der Waals surface area (Å²) in [6.07, 6.45) is 4.94. The molecule has 0 amide bonds. The topological polar surface area (TPSA) is 69.4 Å². The van der Waals surface area contributed by atoms with Crippen LogP contribution in [0.25, 0.3) is 0 Å². The number of likely N-dealkylation sites (tertiary alicyclic amines) is 1. The first kappa shape index (κ1) is 24.2. The Morgan fingerprint density at radius 1 is 1.09 bits per heavy atom. The minimum absolute atomic E-state index is 0.110. The summed E-state index contributed by atoms with van der Waals surface area (Å²) >= 11 is 0. The van der Waals surface area contributed by atoms with Crippen LogP contribution < -0.4 is 15.3 Å². The Balaban J connectivity index is 1.26. The Kier molecular flexibility index (Phi) is 6.34. The average molecular weight is 482 g/mol. The smallest absolute Gasteiger partial charge is 0.343 e. The van der Waals surface area contributed by atoms with Crippen molar-refractivity contribution in [3.05, 3.63) is 52.1 Å². The molecule has 2 aliphatic heterocycles. The van der Waals surface area contributed by atoms with Gasteiger partial charge in [-0.3, -0.25) is 9.80 Å². The lowest BCUT2D eigenvalue weighted by atomic mass is 9.65. The molecule has 5 rings (SSSR count). The first-order chi connectivity index (χ1) is 16.7. The van der Waals surface area contributed by atoms with Gasteiger partial charge in [-0.1, -0.05) is 32.9 Å². The van der Waals surface area contributed by atoms with Crippen LogP contribution in [0.5, 0.6) is 11.5 Å². The van der Waals surface area contributed by atoms with E-state index in [0.717, 1.165) is 50.6 Å². The highest BCUT2D eigenvalue weighted by molar-refractivity contribution is 5.58. The van der Waals surface area contributed by atoms with Crippen LogP contribution in [0.15, 0.2) is 39.7 Å². The van der Waals surface area contributed by atoms with Crippen molar-refractivity contribution >= 4 is 5.69 Å². The van der Waals surface area contributed by atoms with Crippen LogP contribution >= 0.6 is 0 Å². The molecule has 0 radical (unpaired) electrons. The SMILES string of the molecule is COc1ccccc1N1CCN(Cc2coc(=O)c(CN3C[C@]4(C)C[C@H]3CC(C)(C)C4)c2O)CC1. The molecule has 3 fully saturated rings. The van der Waals surface area contributed by atoms with E-state index in [1.54, 1.807) is 7.11 Å². The van der Waals surface area contributed by atoms with Crippen molar-refractivity contribution < 1.29 is 14.3 Å². The van der Waals surface area contributed by atoms with Crippen molar-refractivity contribution in [1.82, 2.24) is 9.80 Å². The Morgan fingerprint density at radius 3 is 2.57 bits per heavy atom. The molecule has 35 heavy (non-hydrogen) atoms. The average Bonchev–Trinajstić information content (AvgIpc) is 3.06. The first-order valence-electron chi connectivity index (χ1n) is 12.8. The van der Waals surface area contributed by atoms with Crippen molar-refractivity contribution in [2.24, 2.45) is 10.8 Å². The Morgan fingerprint density at radius 2 is 1.83 bits per heavy atom. The molecule has 7 nitrogen and oxygen atoms in total. The van der Waals surface area contributed by atoms with Crippen LogP contribution in [0.3, 0.4) is 0 Å². The lowest BCUT2D eigenvalue weighted by Gasteiger charge is -2.39. The second-order valence-corrected chi connectivity index (χ2v) is 11.9. The quantitative estimate of drug-likeness (QED) is 0.667. The van der Waals surface area contributed by atoms with E-state index in [1.165, 1.54) is 19.1 Å². The third-order valence-corrected chi connectivity index (χ3v) is 8.22. The third kappa shape index (κ3) is 4.94. The summed E-state index contributed by atoms with van der Waals surface area (Å²) in [6.45, 7) is 12.5. The van der Waals surface area contributed by atoms with E-state index in [4.69, 9.17) is 9.15 Å². The number of anilines is 1. The van der Waals surface area contributed by atoms with E-state index in [-0.39, 0.29) is 11.2 Å². The van der Waals surface area contributed by atoms with Gasteiger partial charge in [0, 0.05) is 57.4 Å². The Hall–Kier alpha value is -2.51. The summed E-state index contributed by atoms with van der Waals surface area (Å²) < 4.78 is 10.9. The first-order valence-corrected chi connectivity index (χ1v) is 12.8. The van der Waals surface area contributed by atoms with Gasteiger partial charge in [-0.25, -0.2) is 4.79 Å². The van der Waals surface area contributed by atoms with Crippen LogP contribution in [0, 0.1) is 10.8 Å². The van der Waals surface area contributed by atoms with Gasteiger partial charge in [0.05, 0.1) is 18.4 Å².